The minimum absolute atomic E-state index is 0.627. The number of unbranched alkanes of at least 4 members (excludes halogenated alkanes) is 4. The van der Waals surface area contributed by atoms with Crippen molar-refractivity contribution in [2.45, 2.75) is 59.3 Å². The summed E-state index contributed by atoms with van der Waals surface area (Å²) in [7, 11) is 3.38. The number of oxime groups is 1. The summed E-state index contributed by atoms with van der Waals surface area (Å²) in [6.45, 7) is 7.69. The summed E-state index contributed by atoms with van der Waals surface area (Å²) in [6.07, 6.45) is 12.7. The van der Waals surface area contributed by atoms with Gasteiger partial charge in [-0.1, -0.05) is 36.6 Å². The fourth-order valence-electron chi connectivity index (χ4n) is 3.54. The highest BCUT2D eigenvalue weighted by molar-refractivity contribution is 5.77. The molecule has 31 heavy (non-hydrogen) atoms. The lowest BCUT2D eigenvalue weighted by atomic mass is 9.96. The van der Waals surface area contributed by atoms with Crippen molar-refractivity contribution < 1.29 is 14.3 Å². The third-order valence-corrected chi connectivity index (χ3v) is 5.26. The van der Waals surface area contributed by atoms with Crippen molar-refractivity contribution in [2.75, 3.05) is 20.3 Å². The lowest BCUT2D eigenvalue weighted by Crippen LogP contribution is -2.00. The summed E-state index contributed by atoms with van der Waals surface area (Å²) >= 11 is 0. The standard InChI is InChI=1S/C25H37N3O3/c1-6-7-14-30-23-16-20(2)24(21(3)17-23)13-11-9-8-10-12-15-31-25-18-22(19-26-29-5)28(4)27-25/h6-7,16-19H,8-15H2,1-5H3/b7-6+,26-19?. The third kappa shape index (κ3) is 8.48. The Bertz CT molecular complexity index is 833. The van der Waals surface area contributed by atoms with Crippen LogP contribution < -0.4 is 9.47 Å². The first kappa shape index (κ1) is 24.5. The number of rotatable bonds is 14. The molecule has 0 saturated carbocycles. The lowest BCUT2D eigenvalue weighted by molar-refractivity contribution is 0.215. The molecule has 0 atom stereocenters. The van der Waals surface area contributed by atoms with Crippen LogP contribution in [0.25, 0.3) is 0 Å². The highest BCUT2D eigenvalue weighted by Gasteiger charge is 2.07. The summed E-state index contributed by atoms with van der Waals surface area (Å²) in [5.74, 6) is 1.59. The van der Waals surface area contributed by atoms with Gasteiger partial charge in [-0.2, -0.15) is 0 Å². The van der Waals surface area contributed by atoms with Crippen LogP contribution in [0, 0.1) is 13.8 Å². The Kier molecular flexibility index (Phi) is 10.7. The van der Waals surface area contributed by atoms with Gasteiger partial charge in [0.2, 0.25) is 5.88 Å². The van der Waals surface area contributed by atoms with Crippen molar-refractivity contribution in [3.05, 3.63) is 52.7 Å². The number of nitrogens with zero attached hydrogens (tertiary/aromatic N) is 3. The molecule has 1 heterocycles. The van der Waals surface area contributed by atoms with E-state index in [9.17, 15) is 0 Å². The van der Waals surface area contributed by atoms with E-state index in [1.807, 2.05) is 32.2 Å². The van der Waals surface area contributed by atoms with Crippen molar-refractivity contribution in [1.29, 1.82) is 0 Å². The van der Waals surface area contributed by atoms with Crippen LogP contribution in [0.2, 0.25) is 0 Å². The van der Waals surface area contributed by atoms with Crippen molar-refractivity contribution in [1.82, 2.24) is 9.78 Å². The van der Waals surface area contributed by atoms with Crippen LogP contribution in [-0.2, 0) is 18.3 Å². The second kappa shape index (κ2) is 13.5. The van der Waals surface area contributed by atoms with Crippen LogP contribution in [0.15, 0.2) is 35.5 Å². The molecule has 0 saturated heterocycles. The van der Waals surface area contributed by atoms with E-state index in [1.54, 1.807) is 10.9 Å². The van der Waals surface area contributed by atoms with Crippen LogP contribution in [0.4, 0.5) is 0 Å². The molecule has 2 aromatic rings. The van der Waals surface area contributed by atoms with Gasteiger partial charge in [-0.15, -0.1) is 5.10 Å². The maximum absolute atomic E-state index is 5.78. The molecule has 0 bridgehead atoms. The monoisotopic (exact) mass is 427 g/mol. The van der Waals surface area contributed by atoms with E-state index in [0.29, 0.717) is 19.1 Å². The van der Waals surface area contributed by atoms with Crippen molar-refractivity contribution in [3.8, 4) is 11.6 Å². The summed E-state index contributed by atoms with van der Waals surface area (Å²) in [4.78, 5) is 4.70. The fraction of sp³-hybridized carbons (Fsp3) is 0.520. The largest absolute Gasteiger partial charge is 0.490 e. The summed E-state index contributed by atoms with van der Waals surface area (Å²) in [5, 5.41) is 8.08. The number of hydrogen-bond acceptors (Lipinski definition) is 5. The highest BCUT2D eigenvalue weighted by Crippen LogP contribution is 2.24. The van der Waals surface area contributed by atoms with E-state index in [2.05, 4.69) is 36.2 Å². The van der Waals surface area contributed by atoms with Crippen LogP contribution in [0.1, 0.15) is 61.4 Å². The second-order valence-electron chi connectivity index (χ2n) is 7.73. The third-order valence-electron chi connectivity index (χ3n) is 5.26. The van der Waals surface area contributed by atoms with Gasteiger partial charge in [0.25, 0.3) is 0 Å². The molecule has 1 aromatic heterocycles. The molecule has 0 aliphatic heterocycles. The molecule has 2 rings (SSSR count). The van der Waals surface area contributed by atoms with E-state index < -0.39 is 0 Å². The molecule has 0 aliphatic carbocycles. The van der Waals surface area contributed by atoms with Crippen molar-refractivity contribution in [3.63, 3.8) is 0 Å². The molecule has 0 unspecified atom stereocenters. The molecule has 1 aromatic carbocycles. The smallest absolute Gasteiger partial charge is 0.233 e. The molecule has 6 nitrogen and oxygen atoms in total. The zero-order chi connectivity index (χ0) is 22.5. The number of allylic oxidation sites excluding steroid dienone is 1. The Morgan fingerprint density at radius 2 is 1.71 bits per heavy atom. The van der Waals surface area contributed by atoms with E-state index in [4.69, 9.17) is 14.3 Å². The van der Waals surface area contributed by atoms with Gasteiger partial charge in [0.1, 0.15) is 19.5 Å². The Morgan fingerprint density at radius 3 is 2.42 bits per heavy atom. The molecule has 0 spiro atoms. The minimum atomic E-state index is 0.627. The van der Waals surface area contributed by atoms with E-state index in [1.165, 1.54) is 49.5 Å². The molecular weight excluding hydrogens is 390 g/mol. The molecule has 0 N–H and O–H groups in total. The quantitative estimate of drug-likeness (QED) is 0.172. The number of hydrogen-bond donors (Lipinski definition) is 0. The van der Waals surface area contributed by atoms with Crippen molar-refractivity contribution >= 4 is 6.21 Å². The molecule has 0 aliphatic rings. The predicted octanol–water partition coefficient (Wildman–Crippen LogP) is 5.54. The molecule has 0 fully saturated rings. The van der Waals surface area contributed by atoms with Crippen LogP contribution >= 0.6 is 0 Å². The maximum atomic E-state index is 5.78. The average Bonchev–Trinajstić information content (AvgIpc) is 3.09. The van der Waals surface area contributed by atoms with E-state index in [-0.39, 0.29) is 0 Å². The predicted molar refractivity (Wildman–Crippen MR) is 126 cm³/mol. The number of aromatic nitrogens is 2. The van der Waals surface area contributed by atoms with Crippen LogP contribution in [-0.4, -0.2) is 36.3 Å². The topological polar surface area (TPSA) is 57.9 Å². The minimum Gasteiger partial charge on any atom is -0.490 e. The van der Waals surface area contributed by atoms with Crippen LogP contribution in [0.5, 0.6) is 11.6 Å². The molecule has 6 heteroatoms. The Balaban J connectivity index is 1.63. The van der Waals surface area contributed by atoms with E-state index >= 15 is 0 Å². The highest BCUT2D eigenvalue weighted by atomic mass is 16.6. The van der Waals surface area contributed by atoms with Crippen LogP contribution in [0.3, 0.4) is 0 Å². The number of ether oxygens (including phenoxy) is 2. The van der Waals surface area contributed by atoms with Gasteiger partial charge in [0.15, 0.2) is 0 Å². The number of benzene rings is 1. The first-order chi connectivity index (χ1) is 15.0. The average molecular weight is 428 g/mol. The zero-order valence-corrected chi connectivity index (χ0v) is 19.7. The maximum Gasteiger partial charge on any atom is 0.233 e. The van der Waals surface area contributed by atoms with Gasteiger partial charge >= 0.3 is 0 Å². The van der Waals surface area contributed by atoms with Gasteiger partial charge in [0.05, 0.1) is 18.5 Å². The fourth-order valence-corrected chi connectivity index (χ4v) is 3.54. The molecule has 170 valence electrons. The molecule has 0 amide bonds. The Labute approximate surface area is 186 Å². The van der Waals surface area contributed by atoms with Gasteiger partial charge in [-0.25, -0.2) is 0 Å². The summed E-state index contributed by atoms with van der Waals surface area (Å²) in [5.41, 5.74) is 4.97. The van der Waals surface area contributed by atoms with Gasteiger partial charge in [0, 0.05) is 13.1 Å². The summed E-state index contributed by atoms with van der Waals surface area (Å²) < 4.78 is 13.3. The molecular formula is C25H37N3O3. The zero-order valence-electron chi connectivity index (χ0n) is 19.7. The van der Waals surface area contributed by atoms with Gasteiger partial charge < -0.3 is 14.3 Å². The number of aryl methyl sites for hydroxylation is 3. The first-order valence-corrected chi connectivity index (χ1v) is 11.1. The van der Waals surface area contributed by atoms with Gasteiger partial charge in [-0.3, -0.25) is 4.68 Å². The van der Waals surface area contributed by atoms with Gasteiger partial charge in [-0.05, 0) is 68.9 Å². The lowest BCUT2D eigenvalue weighted by Gasteiger charge is -2.13. The second-order valence-corrected chi connectivity index (χ2v) is 7.73. The molecule has 0 radical (unpaired) electrons. The Morgan fingerprint density at radius 1 is 1.00 bits per heavy atom. The summed E-state index contributed by atoms with van der Waals surface area (Å²) in [6, 6.07) is 6.19. The Hall–Kier alpha value is -2.76. The van der Waals surface area contributed by atoms with E-state index in [0.717, 1.165) is 24.3 Å². The SMILES string of the molecule is C/C=C/COc1cc(C)c(CCCCCCCOc2cc(C=NOC)n(C)n2)c(C)c1. The van der Waals surface area contributed by atoms with Crippen molar-refractivity contribution in [2.24, 2.45) is 12.2 Å². The first-order valence-electron chi connectivity index (χ1n) is 11.1. The normalized spacial score (nSPS) is 11.5.